The number of hydrogen-bond acceptors (Lipinski definition) is 3. The molecule has 6 heteroatoms. The van der Waals surface area contributed by atoms with Crippen molar-refractivity contribution in [3.8, 4) is 0 Å². The van der Waals surface area contributed by atoms with E-state index in [0.717, 1.165) is 24.2 Å². The molecule has 2 amide bonds. The van der Waals surface area contributed by atoms with Crippen molar-refractivity contribution in [1.82, 2.24) is 10.2 Å². The number of benzene rings is 1. The zero-order chi connectivity index (χ0) is 14.5. The van der Waals surface area contributed by atoms with E-state index in [1.165, 1.54) is 4.90 Å². The van der Waals surface area contributed by atoms with E-state index in [9.17, 15) is 9.59 Å². The van der Waals surface area contributed by atoms with Crippen molar-refractivity contribution in [2.24, 2.45) is 5.92 Å². The number of amides is 2. The van der Waals surface area contributed by atoms with Gasteiger partial charge in [-0.1, -0.05) is 17.7 Å². The van der Waals surface area contributed by atoms with E-state index in [4.69, 9.17) is 0 Å². The number of carbonyl (C=O) groups is 2. The maximum absolute atomic E-state index is 12.1. The standard InChI is InChI=1S/C15H21N3O2.ClH/c1-11-3-5-13(6-4-11)17-14(19)10-18(2)15(20)12-7-8-16-9-12;/h3-6,12,16H,7-10H2,1-2H3,(H,17,19);1H. The number of aryl methyl sites for hydroxylation is 1. The summed E-state index contributed by atoms with van der Waals surface area (Å²) >= 11 is 0. The third-order valence-electron chi connectivity index (χ3n) is 3.50. The van der Waals surface area contributed by atoms with Crippen LogP contribution < -0.4 is 10.6 Å². The third-order valence-corrected chi connectivity index (χ3v) is 3.50. The topological polar surface area (TPSA) is 61.4 Å². The minimum atomic E-state index is -0.171. The maximum Gasteiger partial charge on any atom is 0.243 e. The quantitative estimate of drug-likeness (QED) is 0.884. The van der Waals surface area contributed by atoms with Crippen LogP contribution in [-0.2, 0) is 9.59 Å². The van der Waals surface area contributed by atoms with E-state index < -0.39 is 0 Å². The van der Waals surface area contributed by atoms with Crippen LogP contribution in [0.4, 0.5) is 5.69 Å². The van der Waals surface area contributed by atoms with E-state index in [-0.39, 0.29) is 36.7 Å². The highest BCUT2D eigenvalue weighted by Gasteiger charge is 2.26. The summed E-state index contributed by atoms with van der Waals surface area (Å²) in [5.74, 6) is -0.128. The van der Waals surface area contributed by atoms with Crippen LogP contribution >= 0.6 is 12.4 Å². The van der Waals surface area contributed by atoms with Gasteiger partial charge in [0, 0.05) is 19.3 Å². The summed E-state index contributed by atoms with van der Waals surface area (Å²) in [6, 6.07) is 7.59. The van der Waals surface area contributed by atoms with Gasteiger partial charge in [0.2, 0.25) is 11.8 Å². The minimum Gasteiger partial charge on any atom is -0.336 e. The molecule has 1 aromatic rings. The van der Waals surface area contributed by atoms with Crippen LogP contribution in [0, 0.1) is 12.8 Å². The van der Waals surface area contributed by atoms with Crippen LogP contribution in [0.25, 0.3) is 0 Å². The predicted octanol–water partition coefficient (Wildman–Crippen LogP) is 1.42. The predicted molar refractivity (Wildman–Crippen MR) is 85.7 cm³/mol. The average molecular weight is 312 g/mol. The highest BCUT2D eigenvalue weighted by Crippen LogP contribution is 2.11. The number of nitrogens with one attached hydrogen (secondary N) is 2. The molecule has 1 fully saturated rings. The summed E-state index contributed by atoms with van der Waals surface area (Å²) in [6.45, 7) is 3.67. The second-order valence-electron chi connectivity index (χ2n) is 5.30. The van der Waals surface area contributed by atoms with Crippen molar-refractivity contribution in [3.05, 3.63) is 29.8 Å². The van der Waals surface area contributed by atoms with Crippen molar-refractivity contribution in [3.63, 3.8) is 0 Å². The number of likely N-dealkylation sites (N-methyl/N-ethyl adjacent to an activating group) is 1. The lowest BCUT2D eigenvalue weighted by molar-refractivity contribution is -0.136. The van der Waals surface area contributed by atoms with Gasteiger partial charge in [-0.15, -0.1) is 12.4 Å². The molecular weight excluding hydrogens is 290 g/mol. The van der Waals surface area contributed by atoms with Crippen LogP contribution in [0.2, 0.25) is 0 Å². The molecular formula is C15H22ClN3O2. The molecule has 0 aliphatic carbocycles. The molecule has 116 valence electrons. The molecule has 1 saturated heterocycles. The Balaban J connectivity index is 0.00000220. The van der Waals surface area contributed by atoms with Crippen LogP contribution in [0.3, 0.4) is 0 Å². The first kappa shape index (κ1) is 17.5. The second-order valence-corrected chi connectivity index (χ2v) is 5.30. The van der Waals surface area contributed by atoms with Gasteiger partial charge in [0.25, 0.3) is 0 Å². The molecule has 1 unspecified atom stereocenters. The maximum atomic E-state index is 12.1. The molecule has 1 heterocycles. The highest BCUT2D eigenvalue weighted by atomic mass is 35.5. The first-order chi connectivity index (χ1) is 9.56. The Morgan fingerprint density at radius 3 is 2.57 bits per heavy atom. The molecule has 5 nitrogen and oxygen atoms in total. The van der Waals surface area contributed by atoms with E-state index in [2.05, 4.69) is 10.6 Å². The number of nitrogens with zero attached hydrogens (tertiary/aromatic N) is 1. The van der Waals surface area contributed by atoms with Gasteiger partial charge in [-0.2, -0.15) is 0 Å². The zero-order valence-electron chi connectivity index (χ0n) is 12.4. The highest BCUT2D eigenvalue weighted by molar-refractivity contribution is 5.94. The molecule has 0 spiro atoms. The summed E-state index contributed by atoms with van der Waals surface area (Å²) in [5, 5.41) is 5.96. The molecule has 2 N–H and O–H groups in total. The van der Waals surface area contributed by atoms with Gasteiger partial charge in [-0.05, 0) is 32.0 Å². The van der Waals surface area contributed by atoms with Gasteiger partial charge in [-0.3, -0.25) is 9.59 Å². The van der Waals surface area contributed by atoms with Gasteiger partial charge in [0.05, 0.1) is 12.5 Å². The largest absolute Gasteiger partial charge is 0.336 e. The number of halogens is 1. The number of anilines is 1. The average Bonchev–Trinajstić information content (AvgIpc) is 2.94. The van der Waals surface area contributed by atoms with E-state index >= 15 is 0 Å². The number of rotatable bonds is 4. The lowest BCUT2D eigenvalue weighted by atomic mass is 10.1. The van der Waals surface area contributed by atoms with Crippen LogP contribution in [0.15, 0.2) is 24.3 Å². The van der Waals surface area contributed by atoms with Crippen molar-refractivity contribution < 1.29 is 9.59 Å². The first-order valence-corrected chi connectivity index (χ1v) is 6.88. The van der Waals surface area contributed by atoms with Crippen molar-refractivity contribution in [1.29, 1.82) is 0 Å². The monoisotopic (exact) mass is 311 g/mol. The van der Waals surface area contributed by atoms with Gasteiger partial charge >= 0.3 is 0 Å². The SMILES string of the molecule is Cc1ccc(NC(=O)CN(C)C(=O)C2CCNC2)cc1.Cl. The summed E-state index contributed by atoms with van der Waals surface area (Å²) in [4.78, 5) is 25.5. The molecule has 2 rings (SSSR count). The lowest BCUT2D eigenvalue weighted by Gasteiger charge is -2.20. The molecule has 1 aromatic carbocycles. The first-order valence-electron chi connectivity index (χ1n) is 6.88. The van der Waals surface area contributed by atoms with Gasteiger partial charge in [0.15, 0.2) is 0 Å². The van der Waals surface area contributed by atoms with Gasteiger partial charge in [0.1, 0.15) is 0 Å². The molecule has 0 saturated carbocycles. The van der Waals surface area contributed by atoms with Crippen LogP contribution in [0.5, 0.6) is 0 Å². The molecule has 21 heavy (non-hydrogen) atoms. The smallest absolute Gasteiger partial charge is 0.243 e. The molecule has 1 aliphatic rings. The van der Waals surface area contributed by atoms with E-state index in [1.807, 2.05) is 31.2 Å². The third kappa shape index (κ3) is 5.02. The van der Waals surface area contributed by atoms with Crippen LogP contribution in [0.1, 0.15) is 12.0 Å². The zero-order valence-corrected chi connectivity index (χ0v) is 13.2. The second kappa shape index (κ2) is 8.00. The molecule has 0 radical (unpaired) electrons. The van der Waals surface area contributed by atoms with Crippen LogP contribution in [-0.4, -0.2) is 43.4 Å². The fraction of sp³-hybridized carbons (Fsp3) is 0.467. The lowest BCUT2D eigenvalue weighted by Crippen LogP contribution is -2.39. The van der Waals surface area contributed by atoms with Gasteiger partial charge in [-0.25, -0.2) is 0 Å². The Kier molecular flexibility index (Phi) is 6.65. The Morgan fingerprint density at radius 1 is 1.33 bits per heavy atom. The van der Waals surface area contributed by atoms with Crippen molar-refractivity contribution in [2.45, 2.75) is 13.3 Å². The van der Waals surface area contributed by atoms with Gasteiger partial charge < -0.3 is 15.5 Å². The molecule has 1 atom stereocenters. The normalized spacial score (nSPS) is 17.0. The van der Waals surface area contributed by atoms with Crippen molar-refractivity contribution in [2.75, 3.05) is 32.0 Å². The molecule has 0 bridgehead atoms. The summed E-state index contributed by atoms with van der Waals surface area (Å²) < 4.78 is 0. The van der Waals surface area contributed by atoms with E-state index in [1.54, 1.807) is 7.05 Å². The summed E-state index contributed by atoms with van der Waals surface area (Å²) in [7, 11) is 1.68. The summed E-state index contributed by atoms with van der Waals surface area (Å²) in [5.41, 5.74) is 1.90. The Hall–Kier alpha value is -1.59. The van der Waals surface area contributed by atoms with E-state index in [0.29, 0.717) is 6.54 Å². The fourth-order valence-electron chi connectivity index (χ4n) is 2.31. The minimum absolute atomic E-state index is 0. The fourth-order valence-corrected chi connectivity index (χ4v) is 2.31. The Morgan fingerprint density at radius 2 is 2.00 bits per heavy atom. The van der Waals surface area contributed by atoms with Crippen molar-refractivity contribution >= 4 is 29.9 Å². The molecule has 0 aromatic heterocycles. The molecule has 1 aliphatic heterocycles. The number of hydrogen-bond donors (Lipinski definition) is 2. The number of carbonyl (C=O) groups excluding carboxylic acids is 2. The summed E-state index contributed by atoms with van der Waals surface area (Å²) in [6.07, 6.45) is 0.850. The Bertz CT molecular complexity index is 484. The Labute approximate surface area is 131 Å².